The summed E-state index contributed by atoms with van der Waals surface area (Å²) in [5.74, 6) is -2.32. The van der Waals surface area contributed by atoms with Gasteiger partial charge in [0.25, 0.3) is 0 Å². The fraction of sp³-hybridized carbons (Fsp3) is 0.259. The zero-order valence-corrected chi connectivity index (χ0v) is 20.7. The number of aromatic nitrogens is 1. The maximum Gasteiger partial charge on any atom is 0.228 e. The minimum absolute atomic E-state index is 0.0862. The van der Waals surface area contributed by atoms with Gasteiger partial charge in [0.15, 0.2) is 5.78 Å². The Balaban J connectivity index is 0.000000466. The third-order valence-corrected chi connectivity index (χ3v) is 5.41. The molecule has 1 unspecified atom stereocenters. The van der Waals surface area contributed by atoms with Gasteiger partial charge >= 0.3 is 0 Å². The molecule has 1 fully saturated rings. The third kappa shape index (κ3) is 8.94. The summed E-state index contributed by atoms with van der Waals surface area (Å²) in [7, 11) is 0. The van der Waals surface area contributed by atoms with Gasteiger partial charge in [-0.2, -0.15) is 0 Å². The number of anilines is 2. The quantitative estimate of drug-likeness (QED) is 0.220. The number of ketones is 1. The first-order chi connectivity index (χ1) is 16.6. The largest absolute Gasteiger partial charge is 0.324 e. The summed E-state index contributed by atoms with van der Waals surface area (Å²) in [6.45, 7) is 9.11. The highest BCUT2D eigenvalue weighted by Crippen LogP contribution is 2.37. The normalized spacial score (nSPS) is 17.2. The van der Waals surface area contributed by atoms with Gasteiger partial charge in [-0.1, -0.05) is 48.0 Å². The molecule has 0 bridgehead atoms. The lowest BCUT2D eigenvalue weighted by atomic mass is 9.94. The van der Waals surface area contributed by atoms with Crippen molar-refractivity contribution < 1.29 is 18.8 Å². The Morgan fingerprint density at radius 3 is 2.29 bits per heavy atom. The van der Waals surface area contributed by atoms with Crippen molar-refractivity contribution in [2.45, 2.75) is 33.6 Å². The predicted molar refractivity (Wildman–Crippen MR) is 138 cm³/mol. The van der Waals surface area contributed by atoms with Crippen molar-refractivity contribution in [3.8, 4) is 0 Å². The van der Waals surface area contributed by atoms with Crippen LogP contribution in [0.3, 0.4) is 0 Å². The van der Waals surface area contributed by atoms with Crippen LogP contribution in [-0.4, -0.2) is 22.6 Å². The Bertz CT molecular complexity index is 1140. The lowest BCUT2D eigenvalue weighted by molar-refractivity contribution is -0.128. The Kier molecular flexibility index (Phi) is 10.5. The second-order valence-electron chi connectivity index (χ2n) is 8.20. The number of carbonyl (C=O) groups is 3. The topological polar surface area (TPSA) is 88.2 Å². The molecule has 6 nitrogen and oxygen atoms in total. The van der Waals surface area contributed by atoms with Crippen LogP contribution in [0.1, 0.15) is 32.3 Å². The average molecular weight is 498 g/mol. The number of aryl methyl sites for hydroxylation is 1. The second kappa shape index (κ2) is 13.3. The number of pyridine rings is 1. The smallest absolute Gasteiger partial charge is 0.228 e. The van der Waals surface area contributed by atoms with Gasteiger partial charge in [0.05, 0.1) is 29.4 Å². The Labute approximate surface area is 210 Å². The highest BCUT2D eigenvalue weighted by atomic mass is 35.5. The number of nitrogens with one attached hydrogen (secondary N) is 2. The molecule has 0 aliphatic heterocycles. The molecule has 0 radical (unpaired) electrons. The van der Waals surface area contributed by atoms with Gasteiger partial charge in [0.2, 0.25) is 11.8 Å². The van der Waals surface area contributed by atoms with Crippen LogP contribution in [0.15, 0.2) is 73.0 Å². The van der Waals surface area contributed by atoms with Crippen LogP contribution in [0.4, 0.5) is 15.8 Å². The monoisotopic (exact) mass is 497 g/mol. The van der Waals surface area contributed by atoms with Gasteiger partial charge in [-0.05, 0) is 69.5 Å². The van der Waals surface area contributed by atoms with Crippen molar-refractivity contribution >= 4 is 40.6 Å². The van der Waals surface area contributed by atoms with Gasteiger partial charge in [-0.15, -0.1) is 0 Å². The summed E-state index contributed by atoms with van der Waals surface area (Å²) in [5.41, 5.74) is 2.16. The molecule has 1 aromatic carbocycles. The summed E-state index contributed by atoms with van der Waals surface area (Å²) >= 11 is 5.74. The molecule has 2 aromatic rings. The molecule has 2 atom stereocenters. The minimum Gasteiger partial charge on any atom is -0.324 e. The fourth-order valence-electron chi connectivity index (χ4n) is 3.47. The fourth-order valence-corrected chi connectivity index (χ4v) is 3.59. The average Bonchev–Trinajstić information content (AvgIpc) is 3.20. The van der Waals surface area contributed by atoms with Crippen molar-refractivity contribution in [1.82, 2.24) is 4.98 Å². The van der Waals surface area contributed by atoms with E-state index in [2.05, 4.69) is 22.2 Å². The van der Waals surface area contributed by atoms with E-state index in [0.717, 1.165) is 11.1 Å². The van der Waals surface area contributed by atoms with Crippen LogP contribution in [0.5, 0.6) is 0 Å². The number of amides is 2. The van der Waals surface area contributed by atoms with Crippen molar-refractivity contribution in [3.05, 3.63) is 89.5 Å². The molecule has 8 heteroatoms. The minimum atomic E-state index is -0.613. The standard InChI is InChI=1S/C20H19ClFN3O2.C7H10O/c1-11-3-5-17(16(22)9-11)25-20(27)15-8-12(2)7-14(15)19(26)24-13-4-6-18(21)23-10-13;1-3-4-5-6-7(2)8/h3-6,9-10,14-15H,2,7-8H2,1H3,(H,24,26)(H,25,27);3-6H,1-2H3/b;4-3-,6-5-/t14?,15-;/m0./s1. The lowest BCUT2D eigenvalue weighted by Gasteiger charge is -2.18. The van der Waals surface area contributed by atoms with Crippen LogP contribution in [-0.2, 0) is 14.4 Å². The first-order valence-electron chi connectivity index (χ1n) is 11.1. The Morgan fingerprint density at radius 1 is 1.09 bits per heavy atom. The SMILES string of the molecule is C/C=C\C=C/C(C)=O.C=C1CC(C(=O)Nc2ccc(Cl)nc2)[C@@H](C(=O)Nc2ccc(C)cc2F)C1. The van der Waals surface area contributed by atoms with Crippen molar-refractivity contribution in [2.75, 3.05) is 10.6 Å². The van der Waals surface area contributed by atoms with Gasteiger partial charge in [0.1, 0.15) is 11.0 Å². The van der Waals surface area contributed by atoms with Crippen LogP contribution >= 0.6 is 11.6 Å². The van der Waals surface area contributed by atoms with E-state index in [9.17, 15) is 18.8 Å². The van der Waals surface area contributed by atoms with E-state index < -0.39 is 23.6 Å². The highest BCUT2D eigenvalue weighted by molar-refractivity contribution is 6.29. The molecule has 1 saturated carbocycles. The van der Waals surface area contributed by atoms with E-state index in [0.29, 0.717) is 23.7 Å². The van der Waals surface area contributed by atoms with Crippen LogP contribution in [0.2, 0.25) is 5.15 Å². The molecule has 1 aliphatic carbocycles. The van der Waals surface area contributed by atoms with Crippen LogP contribution in [0, 0.1) is 24.6 Å². The number of halogens is 2. The van der Waals surface area contributed by atoms with Crippen LogP contribution < -0.4 is 10.6 Å². The van der Waals surface area contributed by atoms with Gasteiger partial charge < -0.3 is 10.6 Å². The number of rotatable bonds is 6. The molecule has 0 saturated heterocycles. The first kappa shape index (κ1) is 27.7. The third-order valence-electron chi connectivity index (χ3n) is 5.19. The van der Waals surface area contributed by atoms with E-state index in [4.69, 9.17) is 11.6 Å². The van der Waals surface area contributed by atoms with Crippen molar-refractivity contribution in [2.24, 2.45) is 11.8 Å². The summed E-state index contributed by atoms with van der Waals surface area (Å²) < 4.78 is 14.0. The zero-order chi connectivity index (χ0) is 26.0. The van der Waals surface area contributed by atoms with Crippen molar-refractivity contribution in [3.63, 3.8) is 0 Å². The van der Waals surface area contributed by atoms with Gasteiger partial charge in [-0.3, -0.25) is 14.4 Å². The molecule has 3 rings (SSSR count). The number of allylic oxidation sites excluding steroid dienone is 5. The second-order valence-corrected chi connectivity index (χ2v) is 8.59. The van der Waals surface area contributed by atoms with Gasteiger partial charge in [-0.25, -0.2) is 9.37 Å². The number of carbonyl (C=O) groups excluding carboxylic acids is 3. The van der Waals surface area contributed by atoms with Crippen molar-refractivity contribution in [1.29, 1.82) is 0 Å². The van der Waals surface area contributed by atoms with E-state index in [-0.39, 0.29) is 17.4 Å². The van der Waals surface area contributed by atoms with E-state index in [1.54, 1.807) is 31.2 Å². The van der Waals surface area contributed by atoms with E-state index in [1.807, 2.05) is 19.1 Å². The van der Waals surface area contributed by atoms with E-state index in [1.165, 1.54) is 31.3 Å². The molecular formula is C27H29ClFN3O3. The number of nitrogens with zero attached hydrogens (tertiary/aromatic N) is 1. The molecule has 35 heavy (non-hydrogen) atoms. The Hall–Kier alpha value is -3.58. The van der Waals surface area contributed by atoms with Crippen LogP contribution in [0.25, 0.3) is 0 Å². The lowest BCUT2D eigenvalue weighted by Crippen LogP contribution is -2.33. The number of benzene rings is 1. The molecule has 1 aromatic heterocycles. The molecular weight excluding hydrogens is 469 g/mol. The number of hydrogen-bond donors (Lipinski definition) is 2. The summed E-state index contributed by atoms with van der Waals surface area (Å²) in [6, 6.07) is 7.77. The number of hydrogen-bond acceptors (Lipinski definition) is 4. The maximum absolute atomic E-state index is 14.0. The Morgan fingerprint density at radius 2 is 1.74 bits per heavy atom. The highest BCUT2D eigenvalue weighted by Gasteiger charge is 2.39. The van der Waals surface area contributed by atoms with Gasteiger partial charge in [0, 0.05) is 0 Å². The maximum atomic E-state index is 14.0. The molecule has 2 amide bonds. The summed E-state index contributed by atoms with van der Waals surface area (Å²) in [5, 5.41) is 5.65. The molecule has 1 heterocycles. The molecule has 0 spiro atoms. The summed E-state index contributed by atoms with van der Waals surface area (Å²) in [4.78, 5) is 39.4. The molecule has 184 valence electrons. The summed E-state index contributed by atoms with van der Waals surface area (Å²) in [6.07, 6.45) is 9.18. The zero-order valence-electron chi connectivity index (χ0n) is 20.0. The molecule has 1 aliphatic rings. The predicted octanol–water partition coefficient (Wildman–Crippen LogP) is 6.05. The van der Waals surface area contributed by atoms with E-state index >= 15 is 0 Å². The molecule has 2 N–H and O–H groups in total. The first-order valence-corrected chi connectivity index (χ1v) is 11.4.